The smallest absolute Gasteiger partial charge is 0.0891 e. The lowest BCUT2D eigenvalue weighted by Gasteiger charge is -2.17. The molecule has 0 aliphatic heterocycles. The van der Waals surface area contributed by atoms with Crippen molar-refractivity contribution < 1.29 is 5.11 Å². The zero-order valence-corrected chi connectivity index (χ0v) is 14.9. The molecule has 126 valence electrons. The SMILES string of the molecule is Cc1cccc(NC[C@H](O)Cn2c(C)c(C)c3ccccc32)c1C. The molecule has 24 heavy (non-hydrogen) atoms. The average molecular weight is 322 g/mol. The van der Waals surface area contributed by atoms with E-state index in [1.807, 2.05) is 6.07 Å². The summed E-state index contributed by atoms with van der Waals surface area (Å²) in [5, 5.41) is 15.2. The number of hydrogen-bond donors (Lipinski definition) is 2. The van der Waals surface area contributed by atoms with Crippen LogP contribution in [0.4, 0.5) is 5.69 Å². The number of rotatable bonds is 5. The number of aryl methyl sites for hydroxylation is 2. The molecule has 1 heterocycles. The van der Waals surface area contributed by atoms with Gasteiger partial charge in [0, 0.05) is 28.8 Å². The molecule has 0 spiro atoms. The number of hydrogen-bond acceptors (Lipinski definition) is 2. The topological polar surface area (TPSA) is 37.2 Å². The Kier molecular flexibility index (Phi) is 4.63. The molecule has 0 bridgehead atoms. The molecule has 1 aromatic heterocycles. The highest BCUT2D eigenvalue weighted by Gasteiger charge is 2.14. The molecule has 0 aliphatic carbocycles. The minimum atomic E-state index is -0.446. The predicted molar refractivity (Wildman–Crippen MR) is 102 cm³/mol. The van der Waals surface area contributed by atoms with Gasteiger partial charge in [-0.1, -0.05) is 30.3 Å². The average Bonchev–Trinajstić information content (AvgIpc) is 2.82. The summed E-state index contributed by atoms with van der Waals surface area (Å²) in [5.41, 5.74) is 7.31. The van der Waals surface area contributed by atoms with Crippen LogP contribution in [0.3, 0.4) is 0 Å². The Morgan fingerprint density at radius 3 is 2.50 bits per heavy atom. The number of aliphatic hydroxyl groups is 1. The Morgan fingerprint density at radius 1 is 0.958 bits per heavy atom. The Balaban J connectivity index is 1.75. The molecule has 3 aromatic rings. The van der Waals surface area contributed by atoms with Gasteiger partial charge in [-0.05, 0) is 56.5 Å². The molecule has 3 rings (SSSR count). The van der Waals surface area contributed by atoms with Crippen molar-refractivity contribution in [2.24, 2.45) is 0 Å². The Morgan fingerprint density at radius 2 is 1.71 bits per heavy atom. The van der Waals surface area contributed by atoms with E-state index < -0.39 is 6.10 Å². The van der Waals surface area contributed by atoms with Crippen LogP contribution in [-0.4, -0.2) is 22.3 Å². The lowest BCUT2D eigenvalue weighted by atomic mass is 10.1. The second kappa shape index (κ2) is 6.70. The van der Waals surface area contributed by atoms with Crippen molar-refractivity contribution in [3.8, 4) is 0 Å². The fourth-order valence-electron chi connectivity index (χ4n) is 3.29. The maximum absolute atomic E-state index is 10.5. The van der Waals surface area contributed by atoms with Gasteiger partial charge in [-0.15, -0.1) is 0 Å². The maximum Gasteiger partial charge on any atom is 0.0891 e. The standard InChI is InChI=1S/C21H26N2O/c1-14-8-7-10-20(15(14)2)22-12-18(24)13-23-17(4)16(3)19-9-5-6-11-21(19)23/h5-11,18,22,24H,12-13H2,1-4H3/t18-/m0/s1. The highest BCUT2D eigenvalue weighted by molar-refractivity contribution is 5.85. The van der Waals surface area contributed by atoms with Gasteiger partial charge in [0.25, 0.3) is 0 Å². The summed E-state index contributed by atoms with van der Waals surface area (Å²) in [4.78, 5) is 0. The summed E-state index contributed by atoms with van der Waals surface area (Å²) in [6.45, 7) is 9.62. The van der Waals surface area contributed by atoms with E-state index in [2.05, 4.69) is 74.0 Å². The van der Waals surface area contributed by atoms with Gasteiger partial charge in [-0.2, -0.15) is 0 Å². The molecule has 0 amide bonds. The van der Waals surface area contributed by atoms with Gasteiger partial charge in [0.15, 0.2) is 0 Å². The highest BCUT2D eigenvalue weighted by Crippen LogP contribution is 2.25. The third-order valence-electron chi connectivity index (χ3n) is 5.07. The lowest BCUT2D eigenvalue weighted by molar-refractivity contribution is 0.167. The third-order valence-corrected chi connectivity index (χ3v) is 5.07. The van der Waals surface area contributed by atoms with Crippen molar-refractivity contribution in [1.82, 2.24) is 4.57 Å². The number of nitrogens with zero attached hydrogens (tertiary/aromatic N) is 1. The van der Waals surface area contributed by atoms with Crippen molar-refractivity contribution in [3.05, 3.63) is 64.8 Å². The second-order valence-corrected chi connectivity index (χ2v) is 6.62. The first kappa shape index (κ1) is 16.6. The first-order valence-electron chi connectivity index (χ1n) is 8.51. The van der Waals surface area contributed by atoms with Gasteiger partial charge in [0.1, 0.15) is 0 Å². The zero-order valence-electron chi connectivity index (χ0n) is 14.9. The van der Waals surface area contributed by atoms with Crippen LogP contribution in [0.5, 0.6) is 0 Å². The summed E-state index contributed by atoms with van der Waals surface area (Å²) in [7, 11) is 0. The molecule has 3 nitrogen and oxygen atoms in total. The molecule has 2 N–H and O–H groups in total. The molecule has 0 unspecified atom stereocenters. The molecule has 0 aliphatic rings. The molecule has 0 saturated heterocycles. The highest BCUT2D eigenvalue weighted by atomic mass is 16.3. The van der Waals surface area contributed by atoms with Gasteiger partial charge in [-0.25, -0.2) is 0 Å². The van der Waals surface area contributed by atoms with Crippen molar-refractivity contribution in [3.63, 3.8) is 0 Å². The number of aromatic nitrogens is 1. The Bertz CT molecular complexity index is 864. The number of benzene rings is 2. The molecular weight excluding hydrogens is 296 g/mol. The van der Waals surface area contributed by atoms with Gasteiger partial charge < -0.3 is 15.0 Å². The number of anilines is 1. The summed E-state index contributed by atoms with van der Waals surface area (Å²) in [5.74, 6) is 0. The van der Waals surface area contributed by atoms with Gasteiger partial charge in [0.2, 0.25) is 0 Å². The van der Waals surface area contributed by atoms with Gasteiger partial charge in [-0.3, -0.25) is 0 Å². The maximum atomic E-state index is 10.5. The summed E-state index contributed by atoms with van der Waals surface area (Å²) in [6.07, 6.45) is -0.446. The summed E-state index contributed by atoms with van der Waals surface area (Å²) < 4.78 is 2.22. The third kappa shape index (κ3) is 3.04. The minimum Gasteiger partial charge on any atom is -0.389 e. The van der Waals surface area contributed by atoms with E-state index in [1.165, 1.54) is 33.3 Å². The Labute approximate surface area is 143 Å². The predicted octanol–water partition coefficient (Wildman–Crippen LogP) is 4.35. The van der Waals surface area contributed by atoms with Crippen LogP contribution in [0.2, 0.25) is 0 Å². The van der Waals surface area contributed by atoms with Crippen molar-refractivity contribution >= 4 is 16.6 Å². The molecule has 3 heteroatoms. The van der Waals surface area contributed by atoms with E-state index >= 15 is 0 Å². The van der Waals surface area contributed by atoms with E-state index in [4.69, 9.17) is 0 Å². The van der Waals surface area contributed by atoms with E-state index in [1.54, 1.807) is 0 Å². The quantitative estimate of drug-likeness (QED) is 0.733. The number of nitrogens with one attached hydrogen (secondary N) is 1. The molecule has 2 aromatic carbocycles. The fraction of sp³-hybridized carbons (Fsp3) is 0.333. The second-order valence-electron chi connectivity index (χ2n) is 6.62. The lowest BCUT2D eigenvalue weighted by Crippen LogP contribution is -2.25. The van der Waals surface area contributed by atoms with Crippen molar-refractivity contribution in [2.75, 3.05) is 11.9 Å². The molecule has 1 atom stereocenters. The first-order chi connectivity index (χ1) is 11.5. The monoisotopic (exact) mass is 322 g/mol. The van der Waals surface area contributed by atoms with Crippen LogP contribution in [-0.2, 0) is 6.54 Å². The molecule has 0 fully saturated rings. The number of para-hydroxylation sites is 1. The normalized spacial score (nSPS) is 12.5. The van der Waals surface area contributed by atoms with Crippen LogP contribution in [0.1, 0.15) is 22.4 Å². The van der Waals surface area contributed by atoms with Crippen LogP contribution in [0.25, 0.3) is 10.9 Å². The Hall–Kier alpha value is -2.26. The van der Waals surface area contributed by atoms with Crippen LogP contribution in [0.15, 0.2) is 42.5 Å². The molecular formula is C21H26N2O. The van der Waals surface area contributed by atoms with Crippen LogP contribution in [0, 0.1) is 27.7 Å². The molecule has 0 saturated carbocycles. The summed E-state index contributed by atoms with van der Waals surface area (Å²) in [6, 6.07) is 14.6. The zero-order chi connectivity index (χ0) is 17.3. The number of aliphatic hydroxyl groups excluding tert-OH is 1. The van der Waals surface area contributed by atoms with E-state index in [-0.39, 0.29) is 0 Å². The van der Waals surface area contributed by atoms with E-state index in [9.17, 15) is 5.11 Å². The molecule has 0 radical (unpaired) electrons. The largest absolute Gasteiger partial charge is 0.389 e. The van der Waals surface area contributed by atoms with E-state index in [0.717, 1.165) is 5.69 Å². The van der Waals surface area contributed by atoms with Crippen LogP contribution >= 0.6 is 0 Å². The minimum absolute atomic E-state index is 0.446. The van der Waals surface area contributed by atoms with E-state index in [0.29, 0.717) is 13.1 Å². The van der Waals surface area contributed by atoms with Crippen molar-refractivity contribution in [1.29, 1.82) is 0 Å². The number of fused-ring (bicyclic) bond motifs is 1. The fourth-order valence-corrected chi connectivity index (χ4v) is 3.29. The summed E-state index contributed by atoms with van der Waals surface area (Å²) >= 11 is 0. The van der Waals surface area contributed by atoms with Gasteiger partial charge >= 0.3 is 0 Å². The first-order valence-corrected chi connectivity index (χ1v) is 8.51. The van der Waals surface area contributed by atoms with Crippen LogP contribution < -0.4 is 5.32 Å². The van der Waals surface area contributed by atoms with Crippen molar-refractivity contribution in [2.45, 2.75) is 40.3 Å². The van der Waals surface area contributed by atoms with Gasteiger partial charge in [0.05, 0.1) is 12.6 Å².